The molecule has 0 aliphatic carbocycles. The number of imide groups is 1. The van der Waals surface area contributed by atoms with Crippen molar-refractivity contribution in [1.82, 2.24) is 10.2 Å². The molecule has 1 aromatic rings. The summed E-state index contributed by atoms with van der Waals surface area (Å²) in [6.45, 7) is 2.27. The van der Waals surface area contributed by atoms with E-state index in [1.165, 1.54) is 0 Å². The lowest BCUT2D eigenvalue weighted by Crippen LogP contribution is -2.46. The van der Waals surface area contributed by atoms with Crippen LogP contribution in [0, 0.1) is 0 Å². The van der Waals surface area contributed by atoms with Crippen molar-refractivity contribution in [3.05, 3.63) is 29.8 Å². The summed E-state index contributed by atoms with van der Waals surface area (Å²) < 4.78 is 5.14. The van der Waals surface area contributed by atoms with E-state index in [1.807, 2.05) is 29.2 Å². The third kappa shape index (κ3) is 4.59. The molecule has 0 saturated carbocycles. The van der Waals surface area contributed by atoms with Crippen LogP contribution in [-0.4, -0.2) is 37.0 Å². The molecule has 0 saturated heterocycles. The number of hydrogen-bond acceptors (Lipinski definition) is 4. The summed E-state index contributed by atoms with van der Waals surface area (Å²) in [7, 11) is 3.40. The van der Waals surface area contributed by atoms with Crippen LogP contribution in [0.5, 0.6) is 5.75 Å². The molecule has 0 aromatic heterocycles. The molecule has 1 aromatic carbocycles. The van der Waals surface area contributed by atoms with Crippen molar-refractivity contribution in [3.63, 3.8) is 0 Å². The highest BCUT2D eigenvalue weighted by molar-refractivity contribution is 5.96. The Morgan fingerprint density at radius 1 is 1.47 bits per heavy atom. The van der Waals surface area contributed by atoms with Gasteiger partial charge in [-0.15, -0.1) is 0 Å². The zero-order chi connectivity index (χ0) is 14.4. The molecular formula is C13H19N3O3. The molecule has 19 heavy (non-hydrogen) atoms. The SMILES string of the molecule is COc1cccc(CN(C)[C@@H](C)C(=O)NC(N)=O)c1. The van der Waals surface area contributed by atoms with Crippen molar-refractivity contribution >= 4 is 11.9 Å². The Labute approximate surface area is 112 Å². The smallest absolute Gasteiger partial charge is 0.318 e. The van der Waals surface area contributed by atoms with Gasteiger partial charge < -0.3 is 10.5 Å². The van der Waals surface area contributed by atoms with Gasteiger partial charge in [0.15, 0.2) is 0 Å². The number of urea groups is 1. The number of carbonyl (C=O) groups excluding carboxylic acids is 2. The van der Waals surface area contributed by atoms with Crippen molar-refractivity contribution in [3.8, 4) is 5.75 Å². The molecule has 0 heterocycles. The average molecular weight is 265 g/mol. The molecule has 0 unspecified atom stereocenters. The molecular weight excluding hydrogens is 246 g/mol. The Balaban J connectivity index is 2.65. The largest absolute Gasteiger partial charge is 0.497 e. The minimum atomic E-state index is -0.841. The second-order valence-corrected chi connectivity index (χ2v) is 4.30. The van der Waals surface area contributed by atoms with Gasteiger partial charge >= 0.3 is 6.03 Å². The van der Waals surface area contributed by atoms with E-state index in [9.17, 15) is 9.59 Å². The predicted octanol–water partition coefficient (Wildman–Crippen LogP) is 0.710. The van der Waals surface area contributed by atoms with Gasteiger partial charge in [-0.05, 0) is 31.7 Å². The molecule has 1 rings (SSSR count). The van der Waals surface area contributed by atoms with Crippen LogP contribution in [0.15, 0.2) is 24.3 Å². The van der Waals surface area contributed by atoms with Gasteiger partial charge in [0.05, 0.1) is 13.2 Å². The zero-order valence-corrected chi connectivity index (χ0v) is 11.3. The quantitative estimate of drug-likeness (QED) is 0.821. The number of rotatable bonds is 5. The number of methoxy groups -OCH3 is 1. The van der Waals surface area contributed by atoms with Gasteiger partial charge in [-0.1, -0.05) is 12.1 Å². The van der Waals surface area contributed by atoms with Crippen molar-refractivity contribution in [2.45, 2.75) is 19.5 Å². The van der Waals surface area contributed by atoms with E-state index in [-0.39, 0.29) is 0 Å². The summed E-state index contributed by atoms with van der Waals surface area (Å²) in [4.78, 5) is 24.1. The van der Waals surface area contributed by atoms with Crippen LogP contribution in [0.25, 0.3) is 0 Å². The summed E-state index contributed by atoms with van der Waals surface area (Å²) in [5, 5.41) is 2.07. The lowest BCUT2D eigenvalue weighted by atomic mass is 10.2. The molecule has 0 spiro atoms. The van der Waals surface area contributed by atoms with Gasteiger partial charge in [0.2, 0.25) is 5.91 Å². The Morgan fingerprint density at radius 2 is 2.16 bits per heavy atom. The van der Waals surface area contributed by atoms with Crippen LogP contribution >= 0.6 is 0 Å². The molecule has 0 fully saturated rings. The Hall–Kier alpha value is -2.08. The number of primary amides is 1. The summed E-state index contributed by atoms with van der Waals surface area (Å²) in [6, 6.07) is 6.28. The average Bonchev–Trinajstić information content (AvgIpc) is 2.37. The number of hydrogen-bond donors (Lipinski definition) is 2. The second-order valence-electron chi connectivity index (χ2n) is 4.30. The normalized spacial score (nSPS) is 12.0. The molecule has 1 atom stereocenters. The maximum Gasteiger partial charge on any atom is 0.318 e. The van der Waals surface area contributed by atoms with E-state index in [0.717, 1.165) is 11.3 Å². The first kappa shape index (κ1) is 15.0. The first-order valence-corrected chi connectivity index (χ1v) is 5.87. The fourth-order valence-electron chi connectivity index (χ4n) is 1.62. The van der Waals surface area contributed by atoms with Crippen molar-refractivity contribution in [2.24, 2.45) is 5.73 Å². The molecule has 104 valence electrons. The second kappa shape index (κ2) is 6.75. The van der Waals surface area contributed by atoms with E-state index < -0.39 is 18.0 Å². The number of nitrogens with zero attached hydrogens (tertiary/aromatic N) is 1. The molecule has 3 amide bonds. The van der Waals surface area contributed by atoms with Gasteiger partial charge in [-0.25, -0.2) is 4.79 Å². The molecule has 6 heteroatoms. The summed E-state index contributed by atoms with van der Waals surface area (Å²) in [5.41, 5.74) is 5.93. The molecule has 3 N–H and O–H groups in total. The van der Waals surface area contributed by atoms with Gasteiger partial charge in [0.1, 0.15) is 5.75 Å². The monoisotopic (exact) mass is 265 g/mol. The molecule has 0 bridgehead atoms. The summed E-state index contributed by atoms with van der Waals surface area (Å²) in [6.07, 6.45) is 0. The van der Waals surface area contributed by atoms with Crippen LogP contribution in [0.2, 0.25) is 0 Å². The number of carbonyl (C=O) groups is 2. The number of benzene rings is 1. The zero-order valence-electron chi connectivity index (χ0n) is 11.3. The number of ether oxygens (including phenoxy) is 1. The lowest BCUT2D eigenvalue weighted by molar-refractivity contribution is -0.124. The number of amides is 3. The minimum Gasteiger partial charge on any atom is -0.497 e. The van der Waals surface area contributed by atoms with Crippen LogP contribution in [0.1, 0.15) is 12.5 Å². The number of nitrogens with two attached hydrogens (primary N) is 1. The fourth-order valence-corrected chi connectivity index (χ4v) is 1.62. The van der Waals surface area contributed by atoms with Crippen molar-refractivity contribution in [1.29, 1.82) is 0 Å². The molecule has 6 nitrogen and oxygen atoms in total. The maximum absolute atomic E-state index is 11.6. The van der Waals surface area contributed by atoms with E-state index in [2.05, 4.69) is 5.32 Å². The summed E-state index contributed by atoms with van der Waals surface area (Å²) >= 11 is 0. The minimum absolute atomic E-state index is 0.419. The van der Waals surface area contributed by atoms with Crippen molar-refractivity contribution in [2.75, 3.05) is 14.2 Å². The Morgan fingerprint density at radius 3 is 2.74 bits per heavy atom. The van der Waals surface area contributed by atoms with E-state index >= 15 is 0 Å². The summed E-state index contributed by atoms with van der Waals surface area (Å²) in [5.74, 6) is 0.345. The van der Waals surface area contributed by atoms with Gasteiger partial charge in [0.25, 0.3) is 0 Å². The third-order valence-electron chi connectivity index (χ3n) is 2.85. The first-order valence-electron chi connectivity index (χ1n) is 5.87. The van der Waals surface area contributed by atoms with E-state index in [4.69, 9.17) is 10.5 Å². The fraction of sp³-hybridized carbons (Fsp3) is 0.385. The predicted molar refractivity (Wildman–Crippen MR) is 71.6 cm³/mol. The lowest BCUT2D eigenvalue weighted by Gasteiger charge is -2.23. The van der Waals surface area contributed by atoms with Crippen LogP contribution < -0.4 is 15.8 Å². The highest BCUT2D eigenvalue weighted by atomic mass is 16.5. The molecule has 0 radical (unpaired) electrons. The van der Waals surface area contributed by atoms with E-state index in [0.29, 0.717) is 6.54 Å². The van der Waals surface area contributed by atoms with E-state index in [1.54, 1.807) is 21.1 Å². The maximum atomic E-state index is 11.6. The van der Waals surface area contributed by atoms with Crippen LogP contribution in [0.4, 0.5) is 4.79 Å². The van der Waals surface area contributed by atoms with Crippen molar-refractivity contribution < 1.29 is 14.3 Å². The van der Waals surface area contributed by atoms with Crippen LogP contribution in [0.3, 0.4) is 0 Å². The Kier molecular flexibility index (Phi) is 5.32. The Bertz CT molecular complexity index is 462. The third-order valence-corrected chi connectivity index (χ3v) is 2.85. The molecule has 0 aliphatic rings. The molecule has 0 aliphatic heterocycles. The first-order chi connectivity index (χ1) is 8.93. The van der Waals surface area contributed by atoms with Crippen LogP contribution in [-0.2, 0) is 11.3 Å². The standard InChI is InChI=1S/C13H19N3O3/c1-9(12(17)15-13(14)18)16(2)8-10-5-4-6-11(7-10)19-3/h4-7,9H,8H2,1-3H3,(H3,14,15,17,18)/t9-/m0/s1. The van der Waals surface area contributed by atoms with Gasteiger partial charge in [-0.2, -0.15) is 0 Å². The number of likely N-dealkylation sites (N-methyl/N-ethyl adjacent to an activating group) is 1. The topological polar surface area (TPSA) is 84.7 Å². The van der Waals surface area contributed by atoms with Gasteiger partial charge in [0, 0.05) is 6.54 Å². The number of nitrogens with one attached hydrogen (secondary N) is 1. The van der Waals surface area contributed by atoms with Gasteiger partial charge in [-0.3, -0.25) is 15.0 Å². The highest BCUT2D eigenvalue weighted by Gasteiger charge is 2.19. The highest BCUT2D eigenvalue weighted by Crippen LogP contribution is 2.14.